The lowest BCUT2D eigenvalue weighted by molar-refractivity contribution is -0.137. The van der Waals surface area contributed by atoms with Gasteiger partial charge in [-0.3, -0.25) is 0 Å². The van der Waals surface area contributed by atoms with E-state index in [1.807, 2.05) is 0 Å². The number of hydrogen-bond donors (Lipinski definition) is 1. The van der Waals surface area contributed by atoms with Crippen LogP contribution in [0.15, 0.2) is 6.20 Å². The molecule has 2 nitrogen and oxygen atoms in total. The number of aromatic nitrogens is 1. The lowest BCUT2D eigenvalue weighted by Gasteiger charge is -2.11. The second-order valence-corrected chi connectivity index (χ2v) is 4.83. The Balaban J connectivity index is 2.20. The highest BCUT2D eigenvalue weighted by atomic mass is 32.1. The molecule has 2 unspecified atom stereocenters. The fraction of sp³-hybridized carbons (Fsp3) is 0.667. The van der Waals surface area contributed by atoms with Gasteiger partial charge in [0.15, 0.2) is 5.01 Å². The van der Waals surface area contributed by atoms with E-state index in [-0.39, 0.29) is 12.0 Å². The van der Waals surface area contributed by atoms with E-state index in [2.05, 4.69) is 4.98 Å². The molecule has 1 aliphatic carbocycles. The van der Waals surface area contributed by atoms with Crippen LogP contribution in [0.4, 0.5) is 13.2 Å². The number of rotatable bonds is 1. The van der Waals surface area contributed by atoms with E-state index >= 15 is 0 Å². The Hall–Kier alpha value is -0.620. The first-order chi connectivity index (χ1) is 6.98. The van der Waals surface area contributed by atoms with Crippen molar-refractivity contribution in [3.05, 3.63) is 16.1 Å². The fourth-order valence-electron chi connectivity index (χ4n) is 1.93. The van der Waals surface area contributed by atoms with Crippen molar-refractivity contribution in [1.29, 1.82) is 0 Å². The van der Waals surface area contributed by atoms with Crippen molar-refractivity contribution in [1.82, 2.24) is 4.98 Å². The lowest BCUT2D eigenvalue weighted by atomic mass is 10.0. The van der Waals surface area contributed by atoms with Crippen molar-refractivity contribution in [2.24, 2.45) is 5.73 Å². The second kappa shape index (κ2) is 3.75. The maximum absolute atomic E-state index is 12.3. The maximum atomic E-state index is 12.3. The van der Waals surface area contributed by atoms with Crippen LogP contribution < -0.4 is 5.73 Å². The van der Waals surface area contributed by atoms with Gasteiger partial charge in [-0.2, -0.15) is 13.2 Å². The largest absolute Gasteiger partial charge is 0.443 e. The van der Waals surface area contributed by atoms with E-state index in [0.717, 1.165) is 30.6 Å². The Morgan fingerprint density at radius 3 is 2.60 bits per heavy atom. The minimum atomic E-state index is -4.33. The van der Waals surface area contributed by atoms with Gasteiger partial charge in [0.1, 0.15) is 0 Å². The van der Waals surface area contributed by atoms with Crippen LogP contribution in [0.3, 0.4) is 0 Å². The highest BCUT2D eigenvalue weighted by molar-refractivity contribution is 7.11. The van der Waals surface area contributed by atoms with E-state index in [9.17, 15) is 13.2 Å². The molecule has 1 heterocycles. The normalized spacial score (nSPS) is 27.2. The van der Waals surface area contributed by atoms with Gasteiger partial charge >= 0.3 is 6.18 Å². The van der Waals surface area contributed by atoms with Gasteiger partial charge in [0.25, 0.3) is 0 Å². The molecule has 0 amide bonds. The van der Waals surface area contributed by atoms with Crippen LogP contribution in [-0.4, -0.2) is 11.0 Å². The molecule has 0 saturated heterocycles. The molecule has 0 spiro atoms. The average molecular weight is 236 g/mol. The van der Waals surface area contributed by atoms with Crippen molar-refractivity contribution in [2.75, 3.05) is 0 Å². The van der Waals surface area contributed by atoms with Gasteiger partial charge in [-0.05, 0) is 12.8 Å². The van der Waals surface area contributed by atoms with Gasteiger partial charge in [0, 0.05) is 23.0 Å². The number of alkyl halides is 3. The summed E-state index contributed by atoms with van der Waals surface area (Å²) in [7, 11) is 0. The maximum Gasteiger partial charge on any atom is 0.443 e. The third-order valence-electron chi connectivity index (χ3n) is 2.70. The van der Waals surface area contributed by atoms with Crippen molar-refractivity contribution in [2.45, 2.75) is 37.4 Å². The van der Waals surface area contributed by atoms with E-state index in [4.69, 9.17) is 5.73 Å². The molecule has 1 aliphatic rings. The molecule has 1 aromatic heterocycles. The van der Waals surface area contributed by atoms with Gasteiger partial charge in [-0.1, -0.05) is 6.42 Å². The number of halogens is 3. The molecule has 2 N–H and O–H groups in total. The Morgan fingerprint density at radius 2 is 2.13 bits per heavy atom. The summed E-state index contributed by atoms with van der Waals surface area (Å²) in [5.41, 5.74) is 5.83. The summed E-state index contributed by atoms with van der Waals surface area (Å²) in [4.78, 5) is 4.08. The van der Waals surface area contributed by atoms with Crippen LogP contribution in [0.1, 0.15) is 35.1 Å². The smallest absolute Gasteiger partial charge is 0.327 e. The molecular weight excluding hydrogens is 225 g/mol. The third-order valence-corrected chi connectivity index (χ3v) is 3.88. The number of nitrogens with two attached hydrogens (primary N) is 1. The van der Waals surface area contributed by atoms with Crippen LogP contribution in [0.5, 0.6) is 0 Å². The second-order valence-electron chi connectivity index (χ2n) is 3.77. The summed E-state index contributed by atoms with van der Waals surface area (Å²) in [6, 6.07) is -0.00784. The molecule has 0 aliphatic heterocycles. The number of thiazole rings is 1. The summed E-state index contributed by atoms with van der Waals surface area (Å²) in [6.45, 7) is 0. The molecule has 0 bridgehead atoms. The first-order valence-corrected chi connectivity index (χ1v) is 5.58. The minimum absolute atomic E-state index is 0.00784. The average Bonchev–Trinajstić information content (AvgIpc) is 2.69. The SMILES string of the molecule is NC1CCCC1c1cnc(C(F)(F)F)s1. The monoisotopic (exact) mass is 236 g/mol. The molecule has 6 heteroatoms. The van der Waals surface area contributed by atoms with Crippen LogP contribution >= 0.6 is 11.3 Å². The van der Waals surface area contributed by atoms with E-state index in [0.29, 0.717) is 4.88 Å². The molecule has 2 rings (SSSR count). The van der Waals surface area contributed by atoms with Gasteiger partial charge in [0.2, 0.25) is 0 Å². The summed E-state index contributed by atoms with van der Waals surface area (Å²) < 4.78 is 36.9. The third kappa shape index (κ3) is 2.15. The zero-order chi connectivity index (χ0) is 11.1. The highest BCUT2D eigenvalue weighted by Crippen LogP contribution is 2.40. The van der Waals surface area contributed by atoms with E-state index < -0.39 is 11.2 Å². The number of hydrogen-bond acceptors (Lipinski definition) is 3. The van der Waals surface area contributed by atoms with E-state index in [1.54, 1.807) is 0 Å². The van der Waals surface area contributed by atoms with Crippen LogP contribution in [0.25, 0.3) is 0 Å². The van der Waals surface area contributed by atoms with Crippen LogP contribution in [0.2, 0.25) is 0 Å². The van der Waals surface area contributed by atoms with Gasteiger partial charge < -0.3 is 5.73 Å². The Labute approximate surface area is 89.3 Å². The summed E-state index contributed by atoms with van der Waals surface area (Å²) >= 11 is 0.725. The first kappa shape index (κ1) is 10.9. The molecule has 84 valence electrons. The minimum Gasteiger partial charge on any atom is -0.327 e. The topological polar surface area (TPSA) is 38.9 Å². The zero-order valence-electron chi connectivity index (χ0n) is 7.92. The van der Waals surface area contributed by atoms with Gasteiger partial charge in [0.05, 0.1) is 0 Å². The molecule has 0 aromatic carbocycles. The molecule has 15 heavy (non-hydrogen) atoms. The van der Waals surface area contributed by atoms with Crippen molar-refractivity contribution in [3.63, 3.8) is 0 Å². The summed E-state index contributed by atoms with van der Waals surface area (Å²) in [6.07, 6.45) is -0.245. The lowest BCUT2D eigenvalue weighted by Crippen LogP contribution is -2.21. The van der Waals surface area contributed by atoms with Crippen LogP contribution in [0, 0.1) is 0 Å². The zero-order valence-corrected chi connectivity index (χ0v) is 8.74. The van der Waals surface area contributed by atoms with Crippen molar-refractivity contribution < 1.29 is 13.2 Å². The van der Waals surface area contributed by atoms with Crippen molar-refractivity contribution >= 4 is 11.3 Å². The molecule has 1 fully saturated rings. The summed E-state index contributed by atoms with van der Waals surface area (Å²) in [5, 5.41) is -0.767. The number of nitrogens with zero attached hydrogens (tertiary/aromatic N) is 1. The van der Waals surface area contributed by atoms with E-state index in [1.165, 1.54) is 6.20 Å². The van der Waals surface area contributed by atoms with Crippen LogP contribution in [-0.2, 0) is 6.18 Å². The Morgan fingerprint density at radius 1 is 1.40 bits per heavy atom. The first-order valence-electron chi connectivity index (χ1n) is 4.77. The molecule has 0 radical (unpaired) electrons. The molecule has 1 aromatic rings. The highest BCUT2D eigenvalue weighted by Gasteiger charge is 2.36. The standard InChI is InChI=1S/C9H11F3N2S/c10-9(11,12)8-14-4-7(15-8)5-2-1-3-6(5)13/h4-6H,1-3,13H2. The predicted octanol–water partition coefficient (Wildman–Crippen LogP) is 2.76. The Kier molecular flexibility index (Phi) is 2.72. The predicted molar refractivity (Wildman–Crippen MR) is 51.7 cm³/mol. The van der Waals surface area contributed by atoms with Gasteiger partial charge in [-0.25, -0.2) is 4.98 Å². The molecular formula is C9H11F3N2S. The fourth-order valence-corrected chi connectivity index (χ4v) is 2.92. The quantitative estimate of drug-likeness (QED) is 0.814. The van der Waals surface area contributed by atoms with Crippen molar-refractivity contribution in [3.8, 4) is 0 Å². The Bertz CT molecular complexity index is 347. The molecule has 1 saturated carbocycles. The van der Waals surface area contributed by atoms with Gasteiger partial charge in [-0.15, -0.1) is 11.3 Å². The molecule has 2 atom stereocenters. The summed E-state index contributed by atoms with van der Waals surface area (Å²) in [5.74, 6) is 0.0681.